The van der Waals surface area contributed by atoms with E-state index < -0.39 is 22.0 Å². The highest BCUT2D eigenvalue weighted by atomic mass is 32.2. The van der Waals surface area contributed by atoms with Gasteiger partial charge in [-0.2, -0.15) is 9.98 Å². The van der Waals surface area contributed by atoms with E-state index in [2.05, 4.69) is 10.3 Å². The van der Waals surface area contributed by atoms with Gasteiger partial charge in [-0.25, -0.2) is 13.4 Å². The van der Waals surface area contributed by atoms with Gasteiger partial charge in [-0.05, 0) is 37.4 Å². The Morgan fingerprint density at radius 2 is 2.00 bits per heavy atom. The molecule has 0 heterocycles. The molecule has 1 aromatic rings. The number of rotatable bonds is 5. The molecule has 1 aromatic carbocycles. The molecule has 1 atom stereocenters. The molecule has 0 aliphatic carbocycles. The summed E-state index contributed by atoms with van der Waals surface area (Å²) in [6, 6.07) is 4.29. The molecule has 0 fully saturated rings. The maximum absolute atomic E-state index is 12.0. The third-order valence-electron chi connectivity index (χ3n) is 2.44. The molecule has 0 aliphatic rings. The van der Waals surface area contributed by atoms with Crippen molar-refractivity contribution in [3.8, 4) is 6.19 Å². The Balaban J connectivity index is 2.98. The fraction of sp³-hybridized carbons (Fsp3) is 0.250. The van der Waals surface area contributed by atoms with E-state index >= 15 is 0 Å². The van der Waals surface area contributed by atoms with Crippen LogP contribution in [-0.4, -0.2) is 37.0 Å². The van der Waals surface area contributed by atoms with Gasteiger partial charge in [0.05, 0.1) is 10.6 Å². The number of aliphatic imine (C=N–C) groups is 1. The molecule has 0 bridgehead atoms. The number of carboxylic acids is 1. The fourth-order valence-electron chi connectivity index (χ4n) is 1.34. The van der Waals surface area contributed by atoms with Crippen LogP contribution in [-0.2, 0) is 14.8 Å². The zero-order valence-corrected chi connectivity index (χ0v) is 13.4. The number of aliphatic carboxylic acids is 1. The second kappa shape index (κ2) is 7.79. The van der Waals surface area contributed by atoms with E-state index in [4.69, 9.17) is 10.4 Å². The molecule has 22 heavy (non-hydrogen) atoms. The zero-order chi connectivity index (χ0) is 16.8. The van der Waals surface area contributed by atoms with Crippen LogP contribution in [0.2, 0.25) is 0 Å². The van der Waals surface area contributed by atoms with E-state index in [-0.39, 0.29) is 4.90 Å². The summed E-state index contributed by atoms with van der Waals surface area (Å²) in [5.74, 6) is -1.27. The molecule has 3 N–H and O–H groups in total. The van der Waals surface area contributed by atoms with Crippen molar-refractivity contribution in [1.29, 1.82) is 5.26 Å². The summed E-state index contributed by atoms with van der Waals surface area (Å²) in [4.78, 5) is 14.7. The molecule has 0 saturated carbocycles. The van der Waals surface area contributed by atoms with Crippen LogP contribution in [0.25, 0.3) is 0 Å². The smallest absolute Gasteiger partial charge is 0.321 e. The lowest BCUT2D eigenvalue weighted by Gasteiger charge is -2.10. The standard InChI is InChI=1S/C12H14N4O4S2/c1-8(11(17)18)16-22(19,20)10-5-3-9(4-6-10)15-12(21-2)14-7-13/h3-6,8,16H,1-2H3,(H,14,15)(H,17,18). The first-order valence-electron chi connectivity index (χ1n) is 5.93. The first kappa shape index (κ1) is 18.0. The Hall–Kier alpha value is -2.09. The van der Waals surface area contributed by atoms with E-state index in [1.807, 2.05) is 4.72 Å². The molecule has 0 radical (unpaired) electrons. The van der Waals surface area contributed by atoms with Gasteiger partial charge < -0.3 is 5.11 Å². The van der Waals surface area contributed by atoms with Gasteiger partial charge in [0.2, 0.25) is 10.0 Å². The highest BCUT2D eigenvalue weighted by Crippen LogP contribution is 2.18. The molecule has 1 unspecified atom stereocenters. The molecule has 0 spiro atoms. The van der Waals surface area contributed by atoms with Gasteiger partial charge in [0.1, 0.15) is 6.04 Å². The third-order valence-corrected chi connectivity index (χ3v) is 4.57. The lowest BCUT2D eigenvalue weighted by atomic mass is 10.3. The minimum absolute atomic E-state index is 0.0708. The van der Waals surface area contributed by atoms with E-state index in [0.717, 1.165) is 0 Å². The maximum Gasteiger partial charge on any atom is 0.321 e. The monoisotopic (exact) mass is 342 g/mol. The number of benzene rings is 1. The lowest BCUT2D eigenvalue weighted by Crippen LogP contribution is -2.38. The summed E-state index contributed by atoms with van der Waals surface area (Å²) in [6.45, 7) is 1.23. The highest BCUT2D eigenvalue weighted by Gasteiger charge is 2.21. The number of sulfonamides is 1. The Morgan fingerprint density at radius 3 is 2.45 bits per heavy atom. The first-order chi connectivity index (χ1) is 10.3. The van der Waals surface area contributed by atoms with Crippen molar-refractivity contribution in [2.45, 2.75) is 17.9 Å². The molecule has 0 aliphatic heterocycles. The normalized spacial score (nSPS) is 13.2. The van der Waals surface area contributed by atoms with E-state index in [9.17, 15) is 13.2 Å². The van der Waals surface area contributed by atoms with Gasteiger partial charge in [-0.1, -0.05) is 11.8 Å². The van der Waals surface area contributed by atoms with E-state index in [1.54, 1.807) is 12.4 Å². The minimum Gasteiger partial charge on any atom is -0.480 e. The van der Waals surface area contributed by atoms with Crippen molar-refractivity contribution < 1.29 is 18.3 Å². The summed E-state index contributed by atoms with van der Waals surface area (Å²) in [5.41, 5.74) is 0.456. The number of nitrogens with zero attached hydrogens (tertiary/aromatic N) is 2. The van der Waals surface area contributed by atoms with Crippen LogP contribution < -0.4 is 10.0 Å². The number of hydrogen-bond acceptors (Lipinski definition) is 6. The Bertz CT molecular complexity index is 708. The number of hydrogen-bond donors (Lipinski definition) is 3. The molecule has 0 aromatic heterocycles. The van der Waals surface area contributed by atoms with Crippen LogP contribution in [0.3, 0.4) is 0 Å². The lowest BCUT2D eigenvalue weighted by molar-refractivity contribution is -0.138. The molecular formula is C12H14N4O4S2. The van der Waals surface area contributed by atoms with Gasteiger partial charge in [0.15, 0.2) is 11.4 Å². The molecule has 8 nitrogen and oxygen atoms in total. The van der Waals surface area contributed by atoms with Gasteiger partial charge in [-0.3, -0.25) is 10.1 Å². The summed E-state index contributed by atoms with van der Waals surface area (Å²) in [6.07, 6.45) is 3.48. The summed E-state index contributed by atoms with van der Waals surface area (Å²) >= 11 is 1.23. The number of nitriles is 1. The molecule has 0 amide bonds. The van der Waals surface area contributed by atoms with Gasteiger partial charge >= 0.3 is 5.97 Å². The molecule has 0 saturated heterocycles. The average molecular weight is 342 g/mol. The predicted octanol–water partition coefficient (Wildman–Crippen LogP) is 0.859. The van der Waals surface area contributed by atoms with Crippen LogP contribution in [0.4, 0.5) is 5.69 Å². The number of nitrogens with one attached hydrogen (secondary N) is 2. The Kier molecular flexibility index (Phi) is 6.36. The van der Waals surface area contributed by atoms with Crippen LogP contribution in [0.15, 0.2) is 34.2 Å². The molecule has 10 heteroatoms. The maximum atomic E-state index is 12.0. The largest absolute Gasteiger partial charge is 0.480 e. The number of carboxylic acid groups (broad SMARTS) is 1. The Morgan fingerprint density at radius 1 is 1.41 bits per heavy atom. The van der Waals surface area contributed by atoms with Crippen LogP contribution in [0.1, 0.15) is 6.92 Å². The Labute approximate surface area is 132 Å². The van der Waals surface area contributed by atoms with Crippen LogP contribution in [0, 0.1) is 11.5 Å². The summed E-state index contributed by atoms with van der Waals surface area (Å²) < 4.78 is 26.0. The number of thioether (sulfide) groups is 1. The second-order valence-electron chi connectivity index (χ2n) is 4.03. The van der Waals surface area contributed by atoms with Gasteiger partial charge in [-0.15, -0.1) is 0 Å². The van der Waals surface area contributed by atoms with E-state index in [1.165, 1.54) is 43.0 Å². The third kappa shape index (κ3) is 5.03. The van der Waals surface area contributed by atoms with Crippen molar-refractivity contribution in [3.05, 3.63) is 24.3 Å². The van der Waals surface area contributed by atoms with Crippen molar-refractivity contribution in [2.75, 3.05) is 6.26 Å². The summed E-state index contributed by atoms with van der Waals surface area (Å²) in [5, 5.41) is 20.0. The van der Waals surface area contributed by atoms with Crippen LogP contribution in [0.5, 0.6) is 0 Å². The predicted molar refractivity (Wildman–Crippen MR) is 83.2 cm³/mol. The van der Waals surface area contributed by atoms with Gasteiger partial charge in [0, 0.05) is 0 Å². The zero-order valence-electron chi connectivity index (χ0n) is 11.8. The first-order valence-corrected chi connectivity index (χ1v) is 8.64. The minimum atomic E-state index is -3.92. The van der Waals surface area contributed by atoms with E-state index in [0.29, 0.717) is 10.9 Å². The number of carbonyl (C=O) groups is 1. The average Bonchev–Trinajstić information content (AvgIpc) is 2.46. The van der Waals surface area contributed by atoms with Crippen molar-refractivity contribution in [1.82, 2.24) is 10.0 Å². The van der Waals surface area contributed by atoms with Gasteiger partial charge in [0.25, 0.3) is 0 Å². The number of amidine groups is 1. The molecule has 1 rings (SSSR count). The van der Waals surface area contributed by atoms with Crippen molar-refractivity contribution >= 4 is 38.6 Å². The topological polar surface area (TPSA) is 132 Å². The highest BCUT2D eigenvalue weighted by molar-refractivity contribution is 8.13. The molecular weight excluding hydrogens is 328 g/mol. The SMILES string of the molecule is CSC(=Nc1ccc(S(=O)(=O)NC(C)C(=O)O)cc1)NC#N. The second-order valence-corrected chi connectivity index (χ2v) is 6.54. The van der Waals surface area contributed by atoms with Crippen molar-refractivity contribution in [2.24, 2.45) is 4.99 Å². The van der Waals surface area contributed by atoms with Crippen molar-refractivity contribution in [3.63, 3.8) is 0 Å². The molecule has 118 valence electrons. The fourth-order valence-corrected chi connectivity index (χ4v) is 2.88. The summed E-state index contributed by atoms with van der Waals surface area (Å²) in [7, 11) is -3.92. The quantitative estimate of drug-likeness (QED) is 0.313. The van der Waals surface area contributed by atoms with Crippen LogP contribution >= 0.6 is 11.8 Å².